The second-order valence-corrected chi connectivity index (χ2v) is 6.19. The van der Waals surface area contributed by atoms with E-state index in [4.69, 9.17) is 0 Å². The Labute approximate surface area is 147 Å². The molecule has 0 bridgehead atoms. The molecule has 0 unspecified atom stereocenters. The van der Waals surface area contributed by atoms with Crippen molar-refractivity contribution >= 4 is 28.2 Å². The van der Waals surface area contributed by atoms with Gasteiger partial charge in [-0.1, -0.05) is 51.7 Å². The largest absolute Gasteiger partial charge is 0.478 e. The molecule has 1 aliphatic rings. The van der Waals surface area contributed by atoms with Crippen molar-refractivity contribution in [3.05, 3.63) is 53.0 Å². The number of aromatic carboxylic acids is 1. The zero-order chi connectivity index (χ0) is 18.1. The Morgan fingerprint density at radius 1 is 1.17 bits per heavy atom. The average molecular weight is 347 g/mol. The van der Waals surface area contributed by atoms with E-state index in [0.717, 1.165) is 42.5 Å². The number of allylic oxidation sites excluding steroid dienone is 2. The first-order valence-corrected chi connectivity index (χ1v) is 9.04. The number of aryl methyl sites for hydroxylation is 1. The zero-order valence-corrected chi connectivity index (χ0v) is 15.2. The van der Waals surface area contributed by atoms with Crippen molar-refractivity contribution in [1.82, 2.24) is 0 Å². The molecule has 1 heterocycles. The maximum absolute atomic E-state index is 12.2. The van der Waals surface area contributed by atoms with Gasteiger partial charge in [-0.25, -0.2) is 4.79 Å². The van der Waals surface area contributed by atoms with Gasteiger partial charge in [0.05, 0.1) is 5.56 Å². The summed E-state index contributed by atoms with van der Waals surface area (Å²) in [6, 6.07) is 0. The number of hydrogen-bond donors (Lipinski definition) is 2. The fraction of sp³-hybridized carbons (Fsp3) is 0.368. The summed E-state index contributed by atoms with van der Waals surface area (Å²) in [7, 11) is 0. The highest BCUT2D eigenvalue weighted by Crippen LogP contribution is 2.37. The summed E-state index contributed by atoms with van der Waals surface area (Å²) < 4.78 is 0. The van der Waals surface area contributed by atoms with Gasteiger partial charge >= 0.3 is 5.97 Å². The molecule has 24 heavy (non-hydrogen) atoms. The van der Waals surface area contributed by atoms with Gasteiger partial charge < -0.3 is 10.4 Å². The number of anilines is 1. The minimum atomic E-state index is -0.984. The normalized spacial score (nSPS) is 13.7. The Balaban J connectivity index is 0.00000139. The summed E-state index contributed by atoms with van der Waals surface area (Å²) in [5, 5.41) is 12.7. The van der Waals surface area contributed by atoms with Gasteiger partial charge in [-0.3, -0.25) is 4.79 Å². The minimum Gasteiger partial charge on any atom is -0.478 e. The Bertz CT molecular complexity index is 656. The summed E-state index contributed by atoms with van der Waals surface area (Å²) in [4.78, 5) is 24.9. The van der Waals surface area contributed by atoms with E-state index in [2.05, 4.69) is 18.5 Å². The maximum Gasteiger partial charge on any atom is 0.339 e. The second-order valence-electron chi connectivity index (χ2n) is 5.09. The van der Waals surface area contributed by atoms with E-state index in [1.807, 2.05) is 13.8 Å². The van der Waals surface area contributed by atoms with Gasteiger partial charge in [0, 0.05) is 10.5 Å². The first kappa shape index (κ1) is 19.9. The molecule has 0 aromatic carbocycles. The van der Waals surface area contributed by atoms with Crippen LogP contribution in [0, 0.1) is 0 Å². The molecule has 130 valence electrons. The Hall–Kier alpha value is -2.14. The highest BCUT2D eigenvalue weighted by Gasteiger charge is 2.25. The van der Waals surface area contributed by atoms with Gasteiger partial charge in [-0.2, -0.15) is 0 Å². The number of fused-ring (bicyclic) bond motifs is 1. The topological polar surface area (TPSA) is 66.4 Å². The molecule has 0 radical (unpaired) electrons. The quantitative estimate of drug-likeness (QED) is 0.448. The van der Waals surface area contributed by atoms with Gasteiger partial charge in [-0.05, 0) is 31.2 Å². The van der Waals surface area contributed by atoms with Crippen LogP contribution in [0.15, 0.2) is 37.0 Å². The summed E-state index contributed by atoms with van der Waals surface area (Å²) in [6.07, 6.45) is 9.29. The third-order valence-corrected chi connectivity index (χ3v) is 4.85. The first-order valence-electron chi connectivity index (χ1n) is 8.22. The van der Waals surface area contributed by atoms with Gasteiger partial charge in [0.15, 0.2) is 0 Å². The van der Waals surface area contributed by atoms with E-state index in [0.29, 0.717) is 10.6 Å². The Morgan fingerprint density at radius 2 is 1.83 bits per heavy atom. The number of hydrogen-bond acceptors (Lipinski definition) is 3. The molecule has 2 N–H and O–H groups in total. The summed E-state index contributed by atoms with van der Waals surface area (Å²) in [6.45, 7) is 11.1. The van der Waals surface area contributed by atoms with Crippen LogP contribution in [0.2, 0.25) is 0 Å². The lowest BCUT2D eigenvalue weighted by molar-refractivity contribution is -0.112. The van der Waals surface area contributed by atoms with Crippen LogP contribution in [-0.2, 0) is 17.6 Å². The van der Waals surface area contributed by atoms with Crippen molar-refractivity contribution < 1.29 is 14.7 Å². The molecule has 5 heteroatoms. The molecule has 0 spiro atoms. The number of carboxylic acids is 1. The van der Waals surface area contributed by atoms with Crippen molar-refractivity contribution in [3.8, 4) is 0 Å². The number of rotatable bonds is 5. The molecular formula is C19H25NO3S. The third-order valence-electron chi connectivity index (χ3n) is 3.64. The number of thiophene rings is 1. The molecular weight excluding hydrogens is 322 g/mol. The average Bonchev–Trinajstić information content (AvgIpc) is 2.75. The third kappa shape index (κ3) is 4.68. The number of amides is 1. The van der Waals surface area contributed by atoms with E-state index in [1.165, 1.54) is 23.5 Å². The summed E-state index contributed by atoms with van der Waals surface area (Å²) in [5.41, 5.74) is 1.49. The molecule has 0 saturated carbocycles. The van der Waals surface area contributed by atoms with Crippen LogP contribution in [0.1, 0.15) is 53.9 Å². The number of nitrogens with one attached hydrogen (secondary N) is 1. The van der Waals surface area contributed by atoms with Crippen LogP contribution in [0.3, 0.4) is 0 Å². The van der Waals surface area contributed by atoms with E-state index in [9.17, 15) is 14.7 Å². The van der Waals surface area contributed by atoms with Gasteiger partial charge in [0.2, 0.25) is 0 Å². The van der Waals surface area contributed by atoms with E-state index < -0.39 is 5.97 Å². The highest BCUT2D eigenvalue weighted by atomic mass is 32.1. The van der Waals surface area contributed by atoms with Crippen LogP contribution >= 0.6 is 11.3 Å². The molecule has 0 aliphatic heterocycles. The van der Waals surface area contributed by atoms with E-state index >= 15 is 0 Å². The van der Waals surface area contributed by atoms with Crippen molar-refractivity contribution in [2.45, 2.75) is 46.0 Å². The predicted octanol–water partition coefficient (Wildman–Crippen LogP) is 4.98. The summed E-state index contributed by atoms with van der Waals surface area (Å²) >= 11 is 1.38. The lowest BCUT2D eigenvalue weighted by atomic mass is 10.1. The maximum atomic E-state index is 12.2. The van der Waals surface area contributed by atoms with Crippen LogP contribution in [0.5, 0.6) is 0 Å². The fourth-order valence-corrected chi connectivity index (χ4v) is 3.87. The van der Waals surface area contributed by atoms with E-state index in [1.54, 1.807) is 6.08 Å². The predicted molar refractivity (Wildman–Crippen MR) is 101 cm³/mol. The van der Waals surface area contributed by atoms with Crippen molar-refractivity contribution in [2.75, 3.05) is 5.32 Å². The van der Waals surface area contributed by atoms with Crippen molar-refractivity contribution in [2.24, 2.45) is 0 Å². The number of carbonyl (C=O) groups excluding carboxylic acids is 1. The molecule has 1 aliphatic carbocycles. The van der Waals surface area contributed by atoms with Crippen LogP contribution in [0.25, 0.3) is 0 Å². The molecule has 1 aromatic rings. The molecule has 1 amide bonds. The molecule has 1 aromatic heterocycles. The smallest absolute Gasteiger partial charge is 0.339 e. The Kier molecular flexibility index (Phi) is 8.19. The van der Waals surface area contributed by atoms with Gasteiger partial charge in [-0.15, -0.1) is 11.3 Å². The first-order chi connectivity index (χ1) is 11.6. The monoisotopic (exact) mass is 347 g/mol. The number of carboxylic acid groups (broad SMARTS) is 1. The number of carbonyl (C=O) groups is 2. The summed E-state index contributed by atoms with van der Waals surface area (Å²) in [5.74, 6) is -1.35. The molecule has 0 saturated heterocycles. The van der Waals surface area contributed by atoms with Crippen LogP contribution in [-0.4, -0.2) is 17.0 Å². The molecule has 0 fully saturated rings. The van der Waals surface area contributed by atoms with Crippen molar-refractivity contribution in [1.29, 1.82) is 0 Å². The second kappa shape index (κ2) is 9.88. The van der Waals surface area contributed by atoms with Crippen LogP contribution < -0.4 is 5.32 Å². The van der Waals surface area contributed by atoms with Crippen LogP contribution in [0.4, 0.5) is 5.00 Å². The molecule has 0 atom stereocenters. The molecule has 2 rings (SSSR count). The lowest BCUT2D eigenvalue weighted by Crippen LogP contribution is -2.15. The highest BCUT2D eigenvalue weighted by molar-refractivity contribution is 7.17. The fourth-order valence-electron chi connectivity index (χ4n) is 2.60. The van der Waals surface area contributed by atoms with Gasteiger partial charge in [0.25, 0.3) is 5.91 Å². The zero-order valence-electron chi connectivity index (χ0n) is 14.4. The standard InChI is InChI=1S/C17H19NO3S.C2H6/c1-3-8-11(4-2)15(19)18-16-14(17(20)21)12-9-6-5-7-10-13(12)22-16;1-2/h3-4,8H,1-2,5-7,9-10H2,(H,18,19)(H,20,21);1-2H3/b11-8+;. The lowest BCUT2D eigenvalue weighted by Gasteiger charge is -2.06. The molecule has 4 nitrogen and oxygen atoms in total. The van der Waals surface area contributed by atoms with Gasteiger partial charge in [0.1, 0.15) is 5.00 Å². The minimum absolute atomic E-state index is 0.247. The van der Waals surface area contributed by atoms with Crippen molar-refractivity contribution in [3.63, 3.8) is 0 Å². The Morgan fingerprint density at radius 3 is 2.42 bits per heavy atom. The SMILES string of the molecule is C=C/C=C(\C=C)C(=O)Nc1sc2c(c1C(=O)O)CCCCC2.CC. The van der Waals surface area contributed by atoms with E-state index in [-0.39, 0.29) is 11.5 Å².